The summed E-state index contributed by atoms with van der Waals surface area (Å²) in [6, 6.07) is -0.740. The van der Waals surface area contributed by atoms with E-state index in [-0.39, 0.29) is 0 Å². The Labute approximate surface area is 106 Å². The molecule has 2 bridgehead atoms. The molecule has 2 rings (SSSR count). The van der Waals surface area contributed by atoms with Gasteiger partial charge in [0.05, 0.1) is 0 Å². The molecule has 0 aromatic rings. The van der Waals surface area contributed by atoms with Crippen LogP contribution in [0.15, 0.2) is 0 Å². The van der Waals surface area contributed by atoms with E-state index in [4.69, 9.17) is 5.11 Å². The summed E-state index contributed by atoms with van der Waals surface area (Å²) in [5.74, 6) is 3.18. The summed E-state index contributed by atoms with van der Waals surface area (Å²) in [7, 11) is 0. The van der Waals surface area contributed by atoms with Crippen LogP contribution in [0.5, 0.6) is 0 Å². The van der Waals surface area contributed by atoms with Gasteiger partial charge in [-0.1, -0.05) is 6.42 Å². The molecular weight excluding hydrogens is 238 g/mol. The monoisotopic (exact) mass is 257 g/mol. The Morgan fingerprint density at radius 2 is 2.29 bits per heavy atom. The van der Waals surface area contributed by atoms with Gasteiger partial charge in [0.15, 0.2) is 0 Å². The zero-order chi connectivity index (χ0) is 12.3. The van der Waals surface area contributed by atoms with Crippen LogP contribution >= 0.6 is 11.8 Å². The molecule has 5 heteroatoms. The van der Waals surface area contributed by atoms with Crippen LogP contribution in [0.25, 0.3) is 0 Å². The summed E-state index contributed by atoms with van der Waals surface area (Å²) in [6.07, 6.45) is 5.95. The summed E-state index contributed by atoms with van der Waals surface area (Å²) in [4.78, 5) is 21.1. The van der Waals surface area contributed by atoms with Gasteiger partial charge < -0.3 is 10.4 Å². The maximum Gasteiger partial charge on any atom is 0.327 e. The molecule has 0 spiro atoms. The highest BCUT2D eigenvalue weighted by molar-refractivity contribution is 7.99. The maximum absolute atomic E-state index is 10.8. The van der Waals surface area contributed by atoms with Crippen LogP contribution in [0.4, 0.5) is 0 Å². The third kappa shape index (κ3) is 3.15. The average molecular weight is 257 g/mol. The Hall–Kier alpha value is -0.710. The van der Waals surface area contributed by atoms with Crippen LogP contribution < -0.4 is 5.32 Å². The number of carboxylic acids is 1. The van der Waals surface area contributed by atoms with Crippen LogP contribution in [0.1, 0.15) is 25.7 Å². The van der Waals surface area contributed by atoms with E-state index in [0.717, 1.165) is 23.5 Å². The van der Waals surface area contributed by atoms with Gasteiger partial charge in [0.1, 0.15) is 6.04 Å². The summed E-state index contributed by atoms with van der Waals surface area (Å²) >= 11 is 1.66. The fourth-order valence-corrected chi connectivity index (χ4v) is 4.51. The molecule has 0 saturated heterocycles. The maximum atomic E-state index is 10.8. The minimum Gasteiger partial charge on any atom is -0.480 e. The molecule has 2 fully saturated rings. The van der Waals surface area contributed by atoms with Gasteiger partial charge in [0.25, 0.3) is 0 Å². The van der Waals surface area contributed by atoms with Crippen LogP contribution in [0.3, 0.4) is 0 Å². The Bertz CT molecular complexity index is 297. The van der Waals surface area contributed by atoms with E-state index in [9.17, 15) is 9.59 Å². The third-order valence-corrected chi connectivity index (χ3v) is 5.30. The van der Waals surface area contributed by atoms with Crippen molar-refractivity contribution in [1.82, 2.24) is 5.32 Å². The van der Waals surface area contributed by atoms with Gasteiger partial charge in [-0.25, -0.2) is 4.79 Å². The molecule has 17 heavy (non-hydrogen) atoms. The molecule has 0 aliphatic heterocycles. The van der Waals surface area contributed by atoms with Crippen molar-refractivity contribution in [1.29, 1.82) is 0 Å². The molecule has 0 aromatic carbocycles. The average Bonchev–Trinajstić information content (AvgIpc) is 2.89. The first kappa shape index (κ1) is 12.7. The van der Waals surface area contributed by atoms with Crippen LogP contribution in [-0.4, -0.2) is 35.0 Å². The number of nitrogens with one attached hydrogen (secondary N) is 1. The van der Waals surface area contributed by atoms with E-state index in [1.165, 1.54) is 25.7 Å². The van der Waals surface area contributed by atoms with Crippen molar-refractivity contribution in [2.24, 2.45) is 17.8 Å². The summed E-state index contributed by atoms with van der Waals surface area (Å²) in [5, 5.41) is 11.2. The Morgan fingerprint density at radius 3 is 2.82 bits per heavy atom. The van der Waals surface area contributed by atoms with Crippen LogP contribution in [-0.2, 0) is 9.59 Å². The van der Waals surface area contributed by atoms with Crippen molar-refractivity contribution >= 4 is 24.1 Å². The molecule has 2 N–H and O–H groups in total. The first-order valence-corrected chi connectivity index (χ1v) is 7.36. The number of carbonyl (C=O) groups excluding carboxylic acids is 1. The van der Waals surface area contributed by atoms with Crippen molar-refractivity contribution in [3.8, 4) is 0 Å². The second-order valence-corrected chi connectivity index (χ2v) is 6.22. The summed E-state index contributed by atoms with van der Waals surface area (Å²) < 4.78 is 0. The van der Waals surface area contributed by atoms with E-state index in [2.05, 4.69) is 5.32 Å². The minimum absolute atomic E-state index is 0.469. The third-order valence-electron chi connectivity index (χ3n) is 4.07. The second-order valence-electron chi connectivity index (χ2n) is 5.15. The SMILES string of the molecule is O=CNC(CSCC1CC2CCC1C2)C(=O)O. The molecule has 0 radical (unpaired) electrons. The first-order valence-electron chi connectivity index (χ1n) is 6.21. The topological polar surface area (TPSA) is 66.4 Å². The van der Waals surface area contributed by atoms with Gasteiger partial charge in [0.2, 0.25) is 6.41 Å². The van der Waals surface area contributed by atoms with Gasteiger partial charge in [-0.15, -0.1) is 0 Å². The lowest BCUT2D eigenvalue weighted by Gasteiger charge is -2.21. The van der Waals surface area contributed by atoms with E-state index >= 15 is 0 Å². The predicted octanol–water partition coefficient (Wildman–Crippen LogP) is 1.35. The number of hydrogen-bond donors (Lipinski definition) is 2. The zero-order valence-corrected chi connectivity index (χ0v) is 10.6. The van der Waals surface area contributed by atoms with E-state index in [1.807, 2.05) is 0 Å². The zero-order valence-electron chi connectivity index (χ0n) is 9.80. The van der Waals surface area contributed by atoms with Gasteiger partial charge >= 0.3 is 5.97 Å². The quantitative estimate of drug-likeness (QED) is 0.676. The van der Waals surface area contributed by atoms with Crippen molar-refractivity contribution in [2.45, 2.75) is 31.7 Å². The molecule has 2 aliphatic carbocycles. The number of amides is 1. The lowest BCUT2D eigenvalue weighted by molar-refractivity contribution is -0.139. The van der Waals surface area contributed by atoms with Gasteiger partial charge in [-0.05, 0) is 42.8 Å². The molecule has 4 atom stereocenters. The Kier molecular flexibility index (Phi) is 4.31. The van der Waals surface area contributed by atoms with E-state index < -0.39 is 12.0 Å². The van der Waals surface area contributed by atoms with Gasteiger partial charge in [0, 0.05) is 5.75 Å². The molecule has 0 heterocycles. The number of thioether (sulfide) groups is 1. The lowest BCUT2D eigenvalue weighted by atomic mass is 9.90. The molecule has 1 amide bonds. The number of aliphatic carboxylic acids is 1. The summed E-state index contributed by atoms with van der Waals surface area (Å²) in [5.41, 5.74) is 0. The van der Waals surface area contributed by atoms with Gasteiger partial charge in [-0.3, -0.25) is 4.79 Å². The largest absolute Gasteiger partial charge is 0.480 e. The fourth-order valence-electron chi connectivity index (χ4n) is 3.19. The molecule has 96 valence electrons. The number of hydrogen-bond acceptors (Lipinski definition) is 3. The van der Waals surface area contributed by atoms with Crippen LogP contribution in [0, 0.1) is 17.8 Å². The predicted molar refractivity (Wildman–Crippen MR) is 66.9 cm³/mol. The van der Waals surface area contributed by atoms with Crippen molar-refractivity contribution in [2.75, 3.05) is 11.5 Å². The normalized spacial score (nSPS) is 32.4. The van der Waals surface area contributed by atoms with Crippen molar-refractivity contribution in [3.05, 3.63) is 0 Å². The van der Waals surface area contributed by atoms with E-state index in [1.54, 1.807) is 11.8 Å². The van der Waals surface area contributed by atoms with Gasteiger partial charge in [-0.2, -0.15) is 11.8 Å². The first-order chi connectivity index (χ1) is 8.20. The number of carboxylic acid groups (broad SMARTS) is 1. The number of rotatable bonds is 7. The lowest BCUT2D eigenvalue weighted by Crippen LogP contribution is -2.38. The second kappa shape index (κ2) is 5.76. The molecule has 2 saturated carbocycles. The molecule has 4 unspecified atom stereocenters. The van der Waals surface area contributed by atoms with E-state index in [0.29, 0.717) is 12.2 Å². The minimum atomic E-state index is -0.947. The smallest absolute Gasteiger partial charge is 0.327 e. The highest BCUT2D eigenvalue weighted by Crippen LogP contribution is 2.49. The highest BCUT2D eigenvalue weighted by Gasteiger charge is 2.39. The summed E-state index contributed by atoms with van der Waals surface area (Å²) in [6.45, 7) is 0. The molecule has 2 aliphatic rings. The Balaban J connectivity index is 1.68. The van der Waals surface area contributed by atoms with Crippen LogP contribution in [0.2, 0.25) is 0 Å². The molecular formula is C12H19NO3S. The highest BCUT2D eigenvalue weighted by atomic mass is 32.2. The standard InChI is InChI=1S/C12H19NO3S/c14-7-13-11(12(15)16)6-17-5-10-4-8-1-2-9(10)3-8/h7-11H,1-6H2,(H,13,14)(H,15,16). The molecule has 0 aromatic heterocycles. The number of fused-ring (bicyclic) bond motifs is 2. The Morgan fingerprint density at radius 1 is 1.47 bits per heavy atom. The fraction of sp³-hybridized carbons (Fsp3) is 0.833. The van der Waals surface area contributed by atoms with Crippen molar-refractivity contribution < 1.29 is 14.7 Å². The van der Waals surface area contributed by atoms with Crippen molar-refractivity contribution in [3.63, 3.8) is 0 Å². The molecule has 4 nitrogen and oxygen atoms in total. The number of carbonyl (C=O) groups is 2.